The number of amides is 1. The van der Waals surface area contributed by atoms with Crippen molar-refractivity contribution in [2.45, 2.75) is 26.4 Å². The summed E-state index contributed by atoms with van der Waals surface area (Å²) in [6, 6.07) is 16.6. The minimum atomic E-state index is -0.113. The lowest BCUT2D eigenvalue weighted by Gasteiger charge is -2.25. The Labute approximate surface area is 152 Å². The van der Waals surface area contributed by atoms with E-state index in [1.165, 1.54) is 0 Å². The summed E-state index contributed by atoms with van der Waals surface area (Å²) in [6.45, 7) is 4.15. The number of aromatic nitrogens is 2. The highest BCUT2D eigenvalue weighted by molar-refractivity contribution is 5.94. The van der Waals surface area contributed by atoms with Crippen molar-refractivity contribution in [2.75, 3.05) is 7.11 Å². The molecule has 0 aliphatic heterocycles. The van der Waals surface area contributed by atoms with Gasteiger partial charge in [0.2, 0.25) is 11.7 Å². The molecule has 0 aliphatic carbocycles. The van der Waals surface area contributed by atoms with Gasteiger partial charge in [0.25, 0.3) is 5.91 Å². The van der Waals surface area contributed by atoms with E-state index >= 15 is 0 Å². The Bertz CT molecular complexity index is 875. The van der Waals surface area contributed by atoms with Crippen LogP contribution in [-0.4, -0.2) is 34.1 Å². The minimum Gasteiger partial charge on any atom is -0.497 e. The van der Waals surface area contributed by atoms with Gasteiger partial charge in [-0.25, -0.2) is 0 Å². The van der Waals surface area contributed by atoms with Crippen LogP contribution in [0.15, 0.2) is 59.1 Å². The van der Waals surface area contributed by atoms with Gasteiger partial charge in [-0.3, -0.25) is 4.79 Å². The average Bonchev–Trinajstić information content (AvgIpc) is 3.15. The SMILES string of the molecule is COc1cccc(C(=O)N(Cc2nc(-c3ccccc3)no2)C(C)C)c1. The number of nitrogens with zero attached hydrogens (tertiary/aromatic N) is 3. The fraction of sp³-hybridized carbons (Fsp3) is 0.250. The number of rotatable bonds is 6. The van der Waals surface area contributed by atoms with Crippen molar-refractivity contribution < 1.29 is 14.1 Å². The van der Waals surface area contributed by atoms with E-state index in [1.807, 2.05) is 44.2 Å². The summed E-state index contributed by atoms with van der Waals surface area (Å²) >= 11 is 0. The van der Waals surface area contributed by atoms with Crippen molar-refractivity contribution in [3.8, 4) is 17.1 Å². The number of ether oxygens (including phenoxy) is 1. The average molecular weight is 351 g/mol. The number of methoxy groups -OCH3 is 1. The summed E-state index contributed by atoms with van der Waals surface area (Å²) < 4.78 is 10.6. The van der Waals surface area contributed by atoms with Crippen LogP contribution in [0.1, 0.15) is 30.1 Å². The molecule has 3 aromatic rings. The number of benzene rings is 2. The molecule has 0 bridgehead atoms. The summed E-state index contributed by atoms with van der Waals surface area (Å²) in [5.41, 5.74) is 1.43. The predicted molar refractivity (Wildman–Crippen MR) is 97.7 cm³/mol. The van der Waals surface area contributed by atoms with Crippen LogP contribution in [0.2, 0.25) is 0 Å². The second-order valence-electron chi connectivity index (χ2n) is 6.14. The van der Waals surface area contributed by atoms with Crippen molar-refractivity contribution in [1.29, 1.82) is 0 Å². The van der Waals surface area contributed by atoms with Crippen LogP contribution in [-0.2, 0) is 6.54 Å². The van der Waals surface area contributed by atoms with E-state index in [0.717, 1.165) is 5.56 Å². The molecule has 0 saturated carbocycles. The van der Waals surface area contributed by atoms with Crippen molar-refractivity contribution in [2.24, 2.45) is 0 Å². The van der Waals surface area contributed by atoms with Gasteiger partial charge in [0.1, 0.15) is 12.3 Å². The third kappa shape index (κ3) is 3.91. The van der Waals surface area contributed by atoms with E-state index in [2.05, 4.69) is 10.1 Å². The number of carbonyl (C=O) groups excluding carboxylic acids is 1. The molecule has 26 heavy (non-hydrogen) atoms. The first-order valence-electron chi connectivity index (χ1n) is 8.41. The summed E-state index contributed by atoms with van der Waals surface area (Å²) in [7, 11) is 1.58. The molecule has 6 nitrogen and oxygen atoms in total. The standard InChI is InChI=1S/C20H21N3O3/c1-14(2)23(20(24)16-10-7-11-17(12-16)25-3)13-18-21-19(22-26-18)15-8-5-4-6-9-15/h4-12,14H,13H2,1-3H3. The Morgan fingerprint density at radius 2 is 1.92 bits per heavy atom. The maximum atomic E-state index is 12.9. The van der Waals surface area contributed by atoms with Crippen LogP contribution < -0.4 is 4.74 Å². The van der Waals surface area contributed by atoms with E-state index < -0.39 is 0 Å². The van der Waals surface area contributed by atoms with Gasteiger partial charge in [-0.05, 0) is 32.0 Å². The molecule has 6 heteroatoms. The van der Waals surface area contributed by atoms with Gasteiger partial charge in [0, 0.05) is 17.2 Å². The van der Waals surface area contributed by atoms with Crippen LogP contribution in [0.4, 0.5) is 0 Å². The van der Waals surface area contributed by atoms with Crippen molar-refractivity contribution in [3.05, 3.63) is 66.1 Å². The molecule has 2 aromatic carbocycles. The van der Waals surface area contributed by atoms with Crippen molar-refractivity contribution in [3.63, 3.8) is 0 Å². The maximum Gasteiger partial charge on any atom is 0.254 e. The maximum absolute atomic E-state index is 12.9. The number of carbonyl (C=O) groups is 1. The lowest BCUT2D eigenvalue weighted by atomic mass is 10.1. The van der Waals surface area contributed by atoms with E-state index in [1.54, 1.807) is 36.3 Å². The van der Waals surface area contributed by atoms with Gasteiger partial charge in [0.05, 0.1) is 7.11 Å². The summed E-state index contributed by atoms with van der Waals surface area (Å²) in [5.74, 6) is 1.44. The van der Waals surface area contributed by atoms with Gasteiger partial charge in [0.15, 0.2) is 0 Å². The first kappa shape index (κ1) is 17.7. The van der Waals surface area contributed by atoms with E-state index in [0.29, 0.717) is 23.0 Å². The molecule has 0 radical (unpaired) electrons. The van der Waals surface area contributed by atoms with Crippen LogP contribution in [0.5, 0.6) is 5.75 Å². The van der Waals surface area contributed by atoms with Gasteiger partial charge >= 0.3 is 0 Å². The van der Waals surface area contributed by atoms with Crippen LogP contribution in [0.25, 0.3) is 11.4 Å². The van der Waals surface area contributed by atoms with Crippen molar-refractivity contribution >= 4 is 5.91 Å². The summed E-state index contributed by atoms with van der Waals surface area (Å²) in [6.07, 6.45) is 0. The number of hydrogen-bond acceptors (Lipinski definition) is 5. The van der Waals surface area contributed by atoms with Gasteiger partial charge in [-0.15, -0.1) is 0 Å². The first-order chi connectivity index (χ1) is 12.6. The lowest BCUT2D eigenvalue weighted by Crippen LogP contribution is -2.36. The smallest absolute Gasteiger partial charge is 0.254 e. The normalized spacial score (nSPS) is 10.8. The van der Waals surface area contributed by atoms with Gasteiger partial charge < -0.3 is 14.2 Å². The Balaban J connectivity index is 1.81. The highest BCUT2D eigenvalue weighted by Crippen LogP contribution is 2.19. The molecule has 3 rings (SSSR count). The van der Waals surface area contributed by atoms with E-state index in [-0.39, 0.29) is 18.5 Å². The lowest BCUT2D eigenvalue weighted by molar-refractivity contribution is 0.0667. The Morgan fingerprint density at radius 1 is 1.15 bits per heavy atom. The molecule has 1 heterocycles. The second kappa shape index (κ2) is 7.82. The monoisotopic (exact) mass is 351 g/mol. The van der Waals surface area contributed by atoms with Crippen LogP contribution >= 0.6 is 0 Å². The van der Waals surface area contributed by atoms with Gasteiger partial charge in [-0.2, -0.15) is 4.98 Å². The molecule has 0 N–H and O–H groups in total. The zero-order valence-corrected chi connectivity index (χ0v) is 15.0. The molecule has 0 spiro atoms. The summed E-state index contributed by atoms with van der Waals surface area (Å²) in [4.78, 5) is 19.0. The topological polar surface area (TPSA) is 68.5 Å². The fourth-order valence-corrected chi connectivity index (χ4v) is 2.58. The molecule has 0 atom stereocenters. The van der Waals surface area contributed by atoms with Crippen LogP contribution in [0, 0.1) is 0 Å². The molecule has 0 unspecified atom stereocenters. The highest BCUT2D eigenvalue weighted by atomic mass is 16.5. The van der Waals surface area contributed by atoms with Crippen molar-refractivity contribution in [1.82, 2.24) is 15.0 Å². The molecule has 0 aliphatic rings. The van der Waals surface area contributed by atoms with Crippen LogP contribution in [0.3, 0.4) is 0 Å². The predicted octanol–water partition coefficient (Wildman–Crippen LogP) is 3.80. The molecule has 0 saturated heterocycles. The third-order valence-corrected chi connectivity index (χ3v) is 4.01. The molecular formula is C20H21N3O3. The highest BCUT2D eigenvalue weighted by Gasteiger charge is 2.22. The minimum absolute atomic E-state index is 0.0271. The second-order valence-corrected chi connectivity index (χ2v) is 6.14. The zero-order chi connectivity index (χ0) is 18.5. The first-order valence-corrected chi connectivity index (χ1v) is 8.41. The molecule has 1 aromatic heterocycles. The van der Waals surface area contributed by atoms with Gasteiger partial charge in [-0.1, -0.05) is 41.6 Å². The van der Waals surface area contributed by atoms with E-state index in [4.69, 9.17) is 9.26 Å². The van der Waals surface area contributed by atoms with E-state index in [9.17, 15) is 4.79 Å². The largest absolute Gasteiger partial charge is 0.497 e. The molecular weight excluding hydrogens is 330 g/mol. The fourth-order valence-electron chi connectivity index (χ4n) is 2.58. The molecule has 134 valence electrons. The summed E-state index contributed by atoms with van der Waals surface area (Å²) in [5, 5.41) is 4.01. The Hall–Kier alpha value is -3.15. The quantitative estimate of drug-likeness (QED) is 0.676. The zero-order valence-electron chi connectivity index (χ0n) is 15.0. The third-order valence-electron chi connectivity index (χ3n) is 4.01. The number of hydrogen-bond donors (Lipinski definition) is 0. The Kier molecular flexibility index (Phi) is 5.31. The molecule has 1 amide bonds. The molecule has 0 fully saturated rings. The Morgan fingerprint density at radius 3 is 2.62 bits per heavy atom.